The van der Waals surface area contributed by atoms with Crippen LogP contribution in [0.2, 0.25) is 0 Å². The van der Waals surface area contributed by atoms with Crippen molar-refractivity contribution in [2.75, 3.05) is 0 Å². The van der Waals surface area contributed by atoms with Crippen LogP contribution in [0.25, 0.3) is 90.9 Å². The van der Waals surface area contributed by atoms with Gasteiger partial charge in [-0.3, -0.25) is 0 Å². The van der Waals surface area contributed by atoms with Crippen LogP contribution in [-0.2, 0) is 19.5 Å². The Hall–Kier alpha value is -7.94. The van der Waals surface area contributed by atoms with Crippen molar-refractivity contribution in [2.45, 2.75) is 0 Å². The van der Waals surface area contributed by atoms with Crippen molar-refractivity contribution in [3.8, 4) is 68.8 Å². The van der Waals surface area contributed by atoms with E-state index in [1.165, 1.54) is 0 Å². The molecule has 2 aliphatic heterocycles. The minimum Gasteiger partial charge on any atom is -0.657 e. The smallest absolute Gasteiger partial charge is 0.657 e. The molecule has 0 saturated heterocycles. The summed E-state index contributed by atoms with van der Waals surface area (Å²) in [4.78, 5) is 21.0. The molecule has 0 fully saturated rings. The normalized spacial score (nSPS) is 11.2. The first-order valence-corrected chi connectivity index (χ1v) is 17.6. The Morgan fingerprint density at radius 2 is 0.526 bits per heavy atom. The third kappa shape index (κ3) is 6.63. The molecule has 0 unspecified atom stereocenters. The number of nitriles is 4. The van der Waals surface area contributed by atoms with Gasteiger partial charge in [0.15, 0.2) is 0 Å². The molecule has 0 saturated carbocycles. The molecule has 0 aliphatic carbocycles. The van der Waals surface area contributed by atoms with Gasteiger partial charge >= 0.3 is 19.5 Å². The number of hydrogen-bond donors (Lipinski definition) is 0. The number of nitrogens with zero attached hydrogens (tertiary/aromatic N) is 8. The van der Waals surface area contributed by atoms with E-state index in [1.807, 2.05) is 97.1 Å². The van der Waals surface area contributed by atoms with Crippen molar-refractivity contribution in [3.63, 3.8) is 0 Å². The van der Waals surface area contributed by atoms with Crippen LogP contribution < -0.4 is 9.97 Å². The van der Waals surface area contributed by atoms with Crippen molar-refractivity contribution in [2.24, 2.45) is 0 Å². The molecular weight excluding hydrogens is 754 g/mol. The molecule has 0 radical (unpaired) electrons. The van der Waals surface area contributed by atoms with Gasteiger partial charge in [-0.1, -0.05) is 72.8 Å². The van der Waals surface area contributed by atoms with Gasteiger partial charge in [-0.2, -0.15) is 21.0 Å². The largest absolute Gasteiger partial charge is 2.00 e. The summed E-state index contributed by atoms with van der Waals surface area (Å²) in [5, 5.41) is 38.3. The molecule has 2 aliphatic rings. The monoisotopic (exact) mass is 776 g/mol. The van der Waals surface area contributed by atoms with E-state index in [1.54, 1.807) is 48.5 Å². The molecule has 8 bridgehead atoms. The molecule has 0 N–H and O–H groups in total. The van der Waals surface area contributed by atoms with Crippen LogP contribution >= 0.6 is 0 Å². The Kier molecular flexibility index (Phi) is 9.53. The predicted octanol–water partition coefficient (Wildman–Crippen LogP) is 10.1. The van der Waals surface area contributed by atoms with Crippen LogP contribution in [0, 0.1) is 45.3 Å². The van der Waals surface area contributed by atoms with Crippen molar-refractivity contribution in [3.05, 3.63) is 166 Å². The van der Waals surface area contributed by atoms with Gasteiger partial charge in [0.1, 0.15) is 0 Å². The van der Waals surface area contributed by atoms with E-state index in [0.717, 1.165) is 44.5 Å². The molecule has 0 spiro atoms. The topological polar surface area (TPSA) is 149 Å². The summed E-state index contributed by atoms with van der Waals surface area (Å²) in [5.41, 5.74) is 14.0. The van der Waals surface area contributed by atoms with Gasteiger partial charge in [-0.25, -0.2) is 9.97 Å². The van der Waals surface area contributed by atoms with Crippen LogP contribution in [0.1, 0.15) is 45.0 Å². The third-order valence-electron chi connectivity index (χ3n) is 9.82. The van der Waals surface area contributed by atoms with E-state index in [4.69, 9.17) is 19.9 Å². The van der Waals surface area contributed by atoms with Crippen LogP contribution in [0.4, 0.5) is 0 Å². The van der Waals surface area contributed by atoms with Gasteiger partial charge in [-0.05, 0) is 117 Å². The first-order chi connectivity index (χ1) is 27.5. The Bertz CT molecular complexity index is 2720. The van der Waals surface area contributed by atoms with Gasteiger partial charge < -0.3 is 9.97 Å². The zero-order valence-electron chi connectivity index (χ0n) is 30.1. The predicted molar refractivity (Wildman–Crippen MR) is 217 cm³/mol. The molecule has 8 nitrogen and oxygen atoms in total. The summed E-state index contributed by atoms with van der Waals surface area (Å²) < 4.78 is 0. The van der Waals surface area contributed by atoms with E-state index >= 15 is 0 Å². The number of hydrogen-bond acceptors (Lipinski definition) is 6. The molecule has 3 aromatic heterocycles. The molecular formula is C48H24N8Zn. The second kappa shape index (κ2) is 15.1. The van der Waals surface area contributed by atoms with E-state index in [2.05, 4.69) is 24.3 Å². The van der Waals surface area contributed by atoms with E-state index in [0.29, 0.717) is 67.1 Å². The third-order valence-corrected chi connectivity index (χ3v) is 9.82. The Labute approximate surface area is 340 Å². The average molecular weight is 778 g/mol. The van der Waals surface area contributed by atoms with E-state index in [9.17, 15) is 21.0 Å². The first kappa shape index (κ1) is 36.1. The fraction of sp³-hybridized carbons (Fsp3) is 0. The number of rotatable bonds is 4. The van der Waals surface area contributed by atoms with Gasteiger partial charge in [0.05, 0.1) is 69.3 Å². The van der Waals surface area contributed by atoms with Crippen LogP contribution in [0.3, 0.4) is 0 Å². The van der Waals surface area contributed by atoms with Gasteiger partial charge in [0, 0.05) is 0 Å². The summed E-state index contributed by atoms with van der Waals surface area (Å²) >= 11 is 0. The number of benzene rings is 4. The maximum Gasteiger partial charge on any atom is 2.00 e. The molecule has 57 heavy (non-hydrogen) atoms. The standard InChI is InChI=1S/C48H24N8.Zn/c49-25-29-1-9-33(10-2-29)45-37-17-19-39(53-37)46(34-11-3-30(26-50)4-12-34)41-21-23-43(55-41)48(36-15-7-32(28-52)8-16-36)44-24-22-42(56-44)47(40-20-18-38(45)54-40)35-13-5-31(27-51)6-14-35;/h1-24H;/q-2;+2. The number of aromatic nitrogens is 4. The summed E-state index contributed by atoms with van der Waals surface area (Å²) in [6.45, 7) is 0. The average Bonchev–Trinajstić information content (AvgIpc) is 4.10. The van der Waals surface area contributed by atoms with Gasteiger partial charge in [0.2, 0.25) is 0 Å². The summed E-state index contributed by atoms with van der Waals surface area (Å²) in [7, 11) is 0. The Morgan fingerprint density at radius 3 is 0.719 bits per heavy atom. The SMILES string of the molecule is N#Cc1ccc(-c2c3nc(c(-c4ccc(C#N)cc4)c4ccc([n-]4)c(-c4ccc(C#N)cc4)c4nc(c(-c5ccc(C#N)cc5)c5ccc2[n-]5)C=C4)C=C3)cc1.[Zn+2]. The fourth-order valence-electron chi connectivity index (χ4n) is 7.12. The van der Waals surface area contributed by atoms with Crippen molar-refractivity contribution >= 4 is 46.4 Å². The quantitative estimate of drug-likeness (QED) is 0.160. The zero-order valence-corrected chi connectivity index (χ0v) is 33.1. The van der Waals surface area contributed by atoms with Crippen molar-refractivity contribution in [1.29, 1.82) is 21.0 Å². The minimum atomic E-state index is 0. The summed E-state index contributed by atoms with van der Waals surface area (Å²) in [6.07, 6.45) is 7.86. The van der Waals surface area contributed by atoms with Crippen molar-refractivity contribution < 1.29 is 19.5 Å². The zero-order chi connectivity index (χ0) is 38.2. The molecule has 4 aromatic carbocycles. The van der Waals surface area contributed by atoms with E-state index in [-0.39, 0.29) is 19.5 Å². The van der Waals surface area contributed by atoms with Crippen molar-refractivity contribution in [1.82, 2.24) is 19.9 Å². The van der Waals surface area contributed by atoms with Crippen LogP contribution in [0.15, 0.2) is 121 Å². The van der Waals surface area contributed by atoms with Gasteiger partial charge in [-0.15, -0.1) is 22.1 Å². The molecule has 9 rings (SSSR count). The van der Waals surface area contributed by atoms with Gasteiger partial charge in [0.25, 0.3) is 0 Å². The Balaban J connectivity index is 0.00000455. The van der Waals surface area contributed by atoms with E-state index < -0.39 is 0 Å². The summed E-state index contributed by atoms with van der Waals surface area (Å²) in [5.74, 6) is 0. The molecule has 7 aromatic rings. The molecule has 0 atom stereocenters. The minimum absolute atomic E-state index is 0. The van der Waals surface area contributed by atoms with Crippen LogP contribution in [-0.4, -0.2) is 9.97 Å². The second-order valence-corrected chi connectivity index (χ2v) is 13.1. The second-order valence-electron chi connectivity index (χ2n) is 13.1. The Morgan fingerprint density at radius 1 is 0.316 bits per heavy atom. The maximum atomic E-state index is 9.57. The first-order valence-electron chi connectivity index (χ1n) is 17.6. The summed E-state index contributed by atoms with van der Waals surface area (Å²) in [6, 6.07) is 46.2. The maximum absolute atomic E-state index is 9.57. The number of fused-ring (bicyclic) bond motifs is 8. The molecule has 5 heterocycles. The molecule has 0 amide bonds. The molecule has 258 valence electrons. The van der Waals surface area contributed by atoms with Crippen LogP contribution in [0.5, 0.6) is 0 Å². The fourth-order valence-corrected chi connectivity index (χ4v) is 7.12. The molecule has 9 heteroatoms.